The molecule has 0 fully saturated rings. The van der Waals surface area contributed by atoms with E-state index in [1.54, 1.807) is 0 Å². The molecule has 1 atom stereocenters. The molecule has 0 amide bonds. The van der Waals surface area contributed by atoms with Crippen molar-refractivity contribution in [1.29, 1.82) is 0 Å². The van der Waals surface area contributed by atoms with Gasteiger partial charge in [0.05, 0.1) is 11.0 Å². The molecule has 0 N–H and O–H groups in total. The van der Waals surface area contributed by atoms with Gasteiger partial charge in [-0.05, 0) is 18.3 Å². The minimum absolute atomic E-state index is 0.00417. The summed E-state index contributed by atoms with van der Waals surface area (Å²) in [6, 6.07) is 0.00417. The van der Waals surface area contributed by atoms with Crippen molar-refractivity contribution < 1.29 is 4.92 Å². The summed E-state index contributed by atoms with van der Waals surface area (Å²) < 4.78 is 2.15. The molecule has 1 aliphatic rings. The van der Waals surface area contributed by atoms with E-state index in [0.29, 0.717) is 11.0 Å². The van der Waals surface area contributed by atoms with Crippen molar-refractivity contribution in [2.24, 2.45) is 0 Å². The summed E-state index contributed by atoms with van der Waals surface area (Å²) in [5.41, 5.74) is 0. The zero-order valence-corrected chi connectivity index (χ0v) is 12.9. The molecule has 8 nitrogen and oxygen atoms in total. The monoisotopic (exact) mass is 308 g/mol. The van der Waals surface area contributed by atoms with Crippen molar-refractivity contribution in [3.8, 4) is 0 Å². The normalized spacial score (nSPS) is 18.1. The largest absolute Gasteiger partial charge is 0.345 e. The second-order valence-corrected chi connectivity index (χ2v) is 6.32. The fraction of sp³-hybridized carbons (Fsp3) is 0.583. The molecule has 0 saturated carbocycles. The minimum atomic E-state index is -0.408. The molecule has 112 valence electrons. The minimum Gasteiger partial charge on any atom is -0.336 e. The van der Waals surface area contributed by atoms with Crippen LogP contribution in [0, 0.1) is 10.1 Å². The molecular formula is C12H16N6O2S. The van der Waals surface area contributed by atoms with Crippen LogP contribution in [-0.4, -0.2) is 31.2 Å². The topological polar surface area (TPSA) is 90.0 Å². The molecule has 0 saturated heterocycles. The summed E-state index contributed by atoms with van der Waals surface area (Å²) in [5.74, 6) is 2.20. The van der Waals surface area contributed by atoms with Gasteiger partial charge in [-0.2, -0.15) is 0 Å². The van der Waals surface area contributed by atoms with Gasteiger partial charge in [-0.15, -0.1) is 10.2 Å². The first-order valence-corrected chi connectivity index (χ1v) is 7.60. The van der Waals surface area contributed by atoms with E-state index in [4.69, 9.17) is 0 Å². The van der Waals surface area contributed by atoms with E-state index >= 15 is 0 Å². The average molecular weight is 308 g/mol. The van der Waals surface area contributed by atoms with Crippen LogP contribution >= 0.6 is 11.3 Å². The van der Waals surface area contributed by atoms with Crippen molar-refractivity contribution in [1.82, 2.24) is 19.7 Å². The van der Waals surface area contributed by atoms with E-state index in [0.717, 1.165) is 36.1 Å². The zero-order chi connectivity index (χ0) is 15.1. The van der Waals surface area contributed by atoms with Crippen LogP contribution in [0.25, 0.3) is 0 Å². The van der Waals surface area contributed by atoms with Gasteiger partial charge in [0.25, 0.3) is 0 Å². The second-order valence-electron chi connectivity index (χ2n) is 5.33. The maximum atomic E-state index is 10.8. The summed E-state index contributed by atoms with van der Waals surface area (Å²) in [6.45, 7) is 7.73. The molecule has 0 bridgehead atoms. The van der Waals surface area contributed by atoms with Gasteiger partial charge in [0.1, 0.15) is 12.0 Å². The quantitative estimate of drug-likeness (QED) is 0.638. The van der Waals surface area contributed by atoms with Gasteiger partial charge in [-0.25, -0.2) is 4.98 Å². The summed E-state index contributed by atoms with van der Waals surface area (Å²) >= 11 is 1.10. The SMILES string of the molecule is CC(C)c1nnc2n1CCN(c1ncc([N+](=O)[O-])s1)[C@@H]2C. The van der Waals surface area contributed by atoms with Gasteiger partial charge in [-0.1, -0.05) is 13.8 Å². The Labute approximate surface area is 125 Å². The lowest BCUT2D eigenvalue weighted by Gasteiger charge is -2.33. The third kappa shape index (κ3) is 2.27. The van der Waals surface area contributed by atoms with Gasteiger partial charge < -0.3 is 9.47 Å². The molecule has 3 heterocycles. The van der Waals surface area contributed by atoms with Crippen molar-refractivity contribution in [3.63, 3.8) is 0 Å². The van der Waals surface area contributed by atoms with Gasteiger partial charge in [0.15, 0.2) is 11.0 Å². The predicted octanol–water partition coefficient (Wildman–Crippen LogP) is 2.35. The van der Waals surface area contributed by atoms with Crippen LogP contribution in [-0.2, 0) is 6.54 Å². The molecule has 2 aromatic heterocycles. The van der Waals surface area contributed by atoms with E-state index in [2.05, 4.69) is 33.6 Å². The maximum absolute atomic E-state index is 10.8. The number of hydrogen-bond donors (Lipinski definition) is 0. The Morgan fingerprint density at radius 3 is 2.81 bits per heavy atom. The van der Waals surface area contributed by atoms with Crippen molar-refractivity contribution in [2.75, 3.05) is 11.4 Å². The lowest BCUT2D eigenvalue weighted by molar-refractivity contribution is -0.380. The Balaban J connectivity index is 1.91. The van der Waals surface area contributed by atoms with E-state index in [-0.39, 0.29) is 11.0 Å². The smallest absolute Gasteiger partial charge is 0.336 e. The summed E-state index contributed by atoms with van der Waals surface area (Å²) in [5, 5.41) is 20.1. The highest BCUT2D eigenvalue weighted by atomic mass is 32.1. The first-order chi connectivity index (χ1) is 9.99. The molecule has 0 unspecified atom stereocenters. The highest BCUT2D eigenvalue weighted by Gasteiger charge is 2.31. The Morgan fingerprint density at radius 1 is 1.43 bits per heavy atom. The van der Waals surface area contributed by atoms with Crippen LogP contribution < -0.4 is 4.90 Å². The second kappa shape index (κ2) is 5.06. The van der Waals surface area contributed by atoms with Crippen LogP contribution in [0.2, 0.25) is 0 Å². The molecule has 0 aromatic carbocycles. The van der Waals surface area contributed by atoms with Crippen LogP contribution in [0.4, 0.5) is 10.1 Å². The van der Waals surface area contributed by atoms with E-state index < -0.39 is 4.92 Å². The molecule has 0 spiro atoms. The number of hydrogen-bond acceptors (Lipinski definition) is 7. The lowest BCUT2D eigenvalue weighted by atomic mass is 10.1. The molecule has 0 aliphatic carbocycles. The standard InChI is InChI=1S/C12H16N6O2S/c1-7(2)10-14-15-11-8(3)16(4-5-17(10)11)12-13-6-9(21-12)18(19)20/h6-8H,4-5H2,1-3H3/t8-/m1/s1. The number of nitro groups is 1. The Hall–Kier alpha value is -2.03. The van der Waals surface area contributed by atoms with Crippen molar-refractivity contribution in [2.45, 2.75) is 39.3 Å². The van der Waals surface area contributed by atoms with Gasteiger partial charge in [-0.3, -0.25) is 10.1 Å². The number of thiazole rings is 1. The highest BCUT2D eigenvalue weighted by Crippen LogP contribution is 2.35. The fourth-order valence-electron chi connectivity index (χ4n) is 2.57. The van der Waals surface area contributed by atoms with Gasteiger partial charge >= 0.3 is 5.00 Å². The highest BCUT2D eigenvalue weighted by molar-refractivity contribution is 7.18. The zero-order valence-electron chi connectivity index (χ0n) is 12.1. The number of fused-ring (bicyclic) bond motifs is 1. The molecular weight excluding hydrogens is 292 g/mol. The molecule has 1 aliphatic heterocycles. The van der Waals surface area contributed by atoms with Crippen LogP contribution in [0.1, 0.15) is 44.4 Å². The third-order valence-corrected chi connectivity index (χ3v) is 4.62. The molecule has 2 aromatic rings. The maximum Gasteiger partial charge on any atom is 0.345 e. The summed E-state index contributed by atoms with van der Waals surface area (Å²) in [7, 11) is 0. The van der Waals surface area contributed by atoms with Gasteiger partial charge in [0, 0.05) is 19.0 Å². The van der Waals surface area contributed by atoms with Crippen molar-refractivity contribution >= 4 is 21.5 Å². The molecule has 21 heavy (non-hydrogen) atoms. The number of aromatic nitrogens is 4. The molecule has 3 rings (SSSR count). The van der Waals surface area contributed by atoms with Crippen molar-refractivity contribution in [3.05, 3.63) is 28.0 Å². The van der Waals surface area contributed by atoms with E-state index in [1.807, 2.05) is 11.8 Å². The number of rotatable bonds is 3. The predicted molar refractivity (Wildman–Crippen MR) is 78.6 cm³/mol. The average Bonchev–Trinajstić information content (AvgIpc) is 3.05. The summed E-state index contributed by atoms with van der Waals surface area (Å²) in [4.78, 5) is 16.6. The molecule has 0 radical (unpaired) electrons. The van der Waals surface area contributed by atoms with Crippen LogP contribution in [0.3, 0.4) is 0 Å². The number of nitrogens with zero attached hydrogens (tertiary/aromatic N) is 6. The Kier molecular flexibility index (Phi) is 3.36. The van der Waals surface area contributed by atoms with Crippen LogP contribution in [0.15, 0.2) is 6.20 Å². The summed E-state index contributed by atoms with van der Waals surface area (Å²) in [6.07, 6.45) is 1.31. The van der Waals surface area contributed by atoms with Crippen LogP contribution in [0.5, 0.6) is 0 Å². The lowest BCUT2D eigenvalue weighted by Crippen LogP contribution is -2.37. The third-order valence-electron chi connectivity index (χ3n) is 3.64. The van der Waals surface area contributed by atoms with Gasteiger partial charge in [0.2, 0.25) is 0 Å². The van der Waals surface area contributed by atoms with E-state index in [9.17, 15) is 10.1 Å². The molecule has 9 heteroatoms. The number of anilines is 1. The van der Waals surface area contributed by atoms with E-state index in [1.165, 1.54) is 6.20 Å². The first-order valence-electron chi connectivity index (χ1n) is 6.79. The first kappa shape index (κ1) is 13.9. The Morgan fingerprint density at radius 2 is 2.19 bits per heavy atom. The Bertz CT molecular complexity index is 679. The fourth-order valence-corrected chi connectivity index (χ4v) is 3.41.